The molecule has 2 rings (SSSR count). The Morgan fingerprint density at radius 1 is 1.26 bits per heavy atom. The monoisotopic (exact) mass is 328 g/mol. The molecule has 0 spiro atoms. The molecule has 1 saturated carbocycles. The van der Waals surface area contributed by atoms with Gasteiger partial charge in [-0.05, 0) is 11.3 Å². The number of allylic oxidation sites excluding steroid dienone is 3. The van der Waals surface area contributed by atoms with Crippen LogP contribution in [-0.2, 0) is 16.1 Å². The van der Waals surface area contributed by atoms with E-state index in [-0.39, 0.29) is 17.4 Å². The second kappa shape index (κ2) is 6.18. The van der Waals surface area contributed by atoms with Gasteiger partial charge in [-0.2, -0.15) is 0 Å². The van der Waals surface area contributed by atoms with Crippen LogP contribution in [0, 0.1) is 40.5 Å². The standard InChI is InChI=1S/C17H16F4O2/c1-4-5-6-10-13(17(10,2)3)16(22)23-8-9-14(20)11(18)7-12(19)15(9)21/h4-7,10,13H,1,8H2,2-3H3/b6-5-/t10-,13+/m1/s1. The quantitative estimate of drug-likeness (QED) is 0.349. The third-order valence-corrected chi connectivity index (χ3v) is 4.18. The van der Waals surface area contributed by atoms with E-state index in [1.54, 1.807) is 18.2 Å². The summed E-state index contributed by atoms with van der Waals surface area (Å²) in [5.41, 5.74) is -1.30. The van der Waals surface area contributed by atoms with Gasteiger partial charge in [-0.3, -0.25) is 4.79 Å². The Labute approximate surface area is 131 Å². The molecule has 1 aromatic rings. The summed E-state index contributed by atoms with van der Waals surface area (Å²) in [7, 11) is 0. The van der Waals surface area contributed by atoms with Gasteiger partial charge in [-0.15, -0.1) is 0 Å². The van der Waals surface area contributed by atoms with Crippen LogP contribution in [0.5, 0.6) is 0 Å². The number of hydrogen-bond donors (Lipinski definition) is 0. The molecule has 0 amide bonds. The zero-order valence-electron chi connectivity index (χ0n) is 12.7. The molecule has 0 heterocycles. The van der Waals surface area contributed by atoms with Crippen molar-refractivity contribution in [1.82, 2.24) is 0 Å². The fourth-order valence-electron chi connectivity index (χ4n) is 2.67. The van der Waals surface area contributed by atoms with Crippen molar-refractivity contribution in [2.45, 2.75) is 20.5 Å². The molecule has 6 heteroatoms. The maximum absolute atomic E-state index is 13.5. The van der Waals surface area contributed by atoms with Crippen LogP contribution in [0.4, 0.5) is 17.6 Å². The van der Waals surface area contributed by atoms with E-state index >= 15 is 0 Å². The lowest BCUT2D eigenvalue weighted by Gasteiger charge is -2.09. The summed E-state index contributed by atoms with van der Waals surface area (Å²) in [6.45, 7) is 6.36. The van der Waals surface area contributed by atoms with Crippen molar-refractivity contribution < 1.29 is 27.1 Å². The van der Waals surface area contributed by atoms with Crippen LogP contribution in [-0.4, -0.2) is 5.97 Å². The molecular formula is C17H16F4O2. The van der Waals surface area contributed by atoms with Crippen molar-refractivity contribution in [3.63, 3.8) is 0 Å². The SMILES string of the molecule is C=C/C=C\[C@@H]1[C@@H](C(=O)OCc2c(F)c(F)cc(F)c2F)C1(C)C. The summed E-state index contributed by atoms with van der Waals surface area (Å²) in [6, 6.07) is 0.107. The van der Waals surface area contributed by atoms with Gasteiger partial charge in [0.25, 0.3) is 0 Å². The number of hydrogen-bond acceptors (Lipinski definition) is 2. The highest BCUT2D eigenvalue weighted by Crippen LogP contribution is 2.59. The smallest absolute Gasteiger partial charge is 0.310 e. The molecule has 1 aromatic carbocycles. The normalized spacial score (nSPS) is 22.2. The number of carbonyl (C=O) groups is 1. The number of benzene rings is 1. The van der Waals surface area contributed by atoms with Crippen LogP contribution in [0.25, 0.3) is 0 Å². The summed E-state index contributed by atoms with van der Waals surface area (Å²) in [5, 5.41) is 0. The van der Waals surface area contributed by atoms with Gasteiger partial charge in [0.05, 0.1) is 11.5 Å². The highest BCUT2D eigenvalue weighted by molar-refractivity contribution is 5.78. The highest BCUT2D eigenvalue weighted by Gasteiger charge is 2.61. The van der Waals surface area contributed by atoms with E-state index in [4.69, 9.17) is 4.74 Å². The van der Waals surface area contributed by atoms with Crippen LogP contribution in [0.3, 0.4) is 0 Å². The zero-order chi connectivity index (χ0) is 17.4. The highest BCUT2D eigenvalue weighted by atomic mass is 19.2. The first kappa shape index (κ1) is 17.2. The maximum atomic E-state index is 13.5. The Hall–Kier alpha value is -2.11. The number of rotatable bonds is 5. The van der Waals surface area contributed by atoms with Gasteiger partial charge in [0.15, 0.2) is 23.3 Å². The van der Waals surface area contributed by atoms with E-state index in [0.29, 0.717) is 0 Å². The first-order chi connectivity index (χ1) is 10.7. The van der Waals surface area contributed by atoms with Crippen LogP contribution < -0.4 is 0 Å². The van der Waals surface area contributed by atoms with Gasteiger partial charge in [-0.1, -0.05) is 38.7 Å². The molecule has 0 bridgehead atoms. The van der Waals surface area contributed by atoms with E-state index in [1.165, 1.54) is 0 Å². The van der Waals surface area contributed by atoms with E-state index in [2.05, 4.69) is 6.58 Å². The molecule has 1 aliphatic rings. The van der Waals surface area contributed by atoms with Crippen LogP contribution >= 0.6 is 0 Å². The molecule has 0 unspecified atom stereocenters. The van der Waals surface area contributed by atoms with Crippen molar-refractivity contribution in [1.29, 1.82) is 0 Å². The van der Waals surface area contributed by atoms with Crippen LogP contribution in [0.1, 0.15) is 19.4 Å². The Morgan fingerprint density at radius 3 is 2.35 bits per heavy atom. The molecule has 0 N–H and O–H groups in total. The van der Waals surface area contributed by atoms with Gasteiger partial charge in [0, 0.05) is 6.07 Å². The summed E-state index contributed by atoms with van der Waals surface area (Å²) >= 11 is 0. The van der Waals surface area contributed by atoms with Crippen LogP contribution in [0.2, 0.25) is 0 Å². The van der Waals surface area contributed by atoms with Crippen molar-refractivity contribution >= 4 is 5.97 Å². The van der Waals surface area contributed by atoms with Crippen molar-refractivity contribution in [2.24, 2.45) is 17.3 Å². The molecular weight excluding hydrogens is 312 g/mol. The van der Waals surface area contributed by atoms with Gasteiger partial charge in [0.1, 0.15) is 6.61 Å². The predicted molar refractivity (Wildman–Crippen MR) is 76.2 cm³/mol. The number of halogens is 4. The summed E-state index contributed by atoms with van der Waals surface area (Å²) in [6.07, 6.45) is 5.06. The average Bonchev–Trinajstić information content (AvgIpc) is 3.04. The predicted octanol–water partition coefficient (Wildman–Crippen LogP) is 4.30. The number of carbonyl (C=O) groups excluding carboxylic acids is 1. The first-order valence-corrected chi connectivity index (χ1v) is 6.99. The molecule has 1 fully saturated rings. The minimum atomic E-state index is -1.56. The molecule has 23 heavy (non-hydrogen) atoms. The zero-order valence-corrected chi connectivity index (χ0v) is 12.7. The topological polar surface area (TPSA) is 26.3 Å². The van der Waals surface area contributed by atoms with Gasteiger partial charge in [-0.25, -0.2) is 17.6 Å². The largest absolute Gasteiger partial charge is 0.460 e. The number of esters is 1. The molecule has 0 radical (unpaired) electrons. The van der Waals surface area contributed by atoms with E-state index in [0.717, 1.165) is 0 Å². The van der Waals surface area contributed by atoms with Gasteiger partial charge in [0.2, 0.25) is 0 Å². The minimum absolute atomic E-state index is 0.0908. The molecule has 2 nitrogen and oxygen atoms in total. The molecule has 0 aromatic heterocycles. The second-order valence-electron chi connectivity index (χ2n) is 6.00. The molecule has 124 valence electrons. The molecule has 0 saturated heterocycles. The summed E-state index contributed by atoms with van der Waals surface area (Å²) in [4.78, 5) is 12.0. The average molecular weight is 328 g/mol. The summed E-state index contributed by atoms with van der Waals surface area (Å²) in [5.74, 6) is -7.43. The van der Waals surface area contributed by atoms with Gasteiger partial charge < -0.3 is 4.74 Å². The Kier molecular flexibility index (Phi) is 4.63. The number of ether oxygens (including phenoxy) is 1. The molecule has 0 aliphatic heterocycles. The Balaban J connectivity index is 2.09. The summed E-state index contributed by atoms with van der Waals surface area (Å²) < 4.78 is 58.1. The first-order valence-electron chi connectivity index (χ1n) is 6.99. The fourth-order valence-corrected chi connectivity index (χ4v) is 2.67. The Morgan fingerprint density at radius 2 is 1.83 bits per heavy atom. The van der Waals surface area contributed by atoms with Crippen molar-refractivity contribution in [3.05, 3.63) is 59.7 Å². The van der Waals surface area contributed by atoms with Crippen molar-refractivity contribution in [3.8, 4) is 0 Å². The lowest BCUT2D eigenvalue weighted by Crippen LogP contribution is -2.13. The van der Waals surface area contributed by atoms with Gasteiger partial charge >= 0.3 is 5.97 Å². The molecule has 2 atom stereocenters. The third kappa shape index (κ3) is 3.16. The fraction of sp³-hybridized carbons (Fsp3) is 0.353. The lowest BCUT2D eigenvalue weighted by atomic mass is 10.1. The van der Waals surface area contributed by atoms with Crippen LogP contribution in [0.15, 0.2) is 30.9 Å². The second-order valence-corrected chi connectivity index (χ2v) is 6.00. The van der Waals surface area contributed by atoms with E-state index in [9.17, 15) is 22.4 Å². The van der Waals surface area contributed by atoms with E-state index in [1.807, 2.05) is 13.8 Å². The maximum Gasteiger partial charge on any atom is 0.310 e. The Bertz CT molecular complexity index is 653. The van der Waals surface area contributed by atoms with Crippen molar-refractivity contribution in [2.75, 3.05) is 0 Å². The molecule has 1 aliphatic carbocycles. The van der Waals surface area contributed by atoms with E-state index < -0.39 is 47.3 Å². The lowest BCUT2D eigenvalue weighted by molar-refractivity contribution is -0.147. The third-order valence-electron chi connectivity index (χ3n) is 4.18. The minimum Gasteiger partial charge on any atom is -0.460 e.